The Bertz CT molecular complexity index is 741. The van der Waals surface area contributed by atoms with Crippen LogP contribution in [0.25, 0.3) is 0 Å². The number of aliphatic hydroxyl groups excluding tert-OH is 5. The van der Waals surface area contributed by atoms with Gasteiger partial charge in [0.15, 0.2) is 12.5 Å². The van der Waals surface area contributed by atoms with Gasteiger partial charge in [-0.3, -0.25) is 9.59 Å². The van der Waals surface area contributed by atoms with Crippen LogP contribution in [0.2, 0.25) is 0 Å². The van der Waals surface area contributed by atoms with E-state index >= 15 is 0 Å². The van der Waals surface area contributed by atoms with Crippen molar-refractivity contribution in [3.8, 4) is 0 Å². The minimum atomic E-state index is -1.83. The average molecular weight is 508 g/mol. The number of amides is 2. The van der Waals surface area contributed by atoms with Crippen molar-refractivity contribution in [2.75, 3.05) is 19.8 Å². The fraction of sp³-hybridized carbons (Fsp3) is 0.905. The molecule has 14 nitrogen and oxygen atoms in total. The number of ether oxygens (including phenoxy) is 3. The van der Waals surface area contributed by atoms with E-state index in [2.05, 4.69) is 10.6 Å². The van der Waals surface area contributed by atoms with Crippen molar-refractivity contribution in [1.29, 1.82) is 0 Å². The van der Waals surface area contributed by atoms with Crippen LogP contribution in [0, 0.1) is 5.92 Å². The zero-order valence-electron chi connectivity index (χ0n) is 19.5. The lowest BCUT2D eigenvalue weighted by Crippen LogP contribution is -2.69. The molecule has 202 valence electrons. The van der Waals surface area contributed by atoms with Crippen LogP contribution < -0.4 is 16.4 Å². The van der Waals surface area contributed by atoms with Crippen LogP contribution in [-0.2, 0) is 23.8 Å². The summed E-state index contributed by atoms with van der Waals surface area (Å²) >= 11 is 0. The Morgan fingerprint density at radius 3 is 2.34 bits per heavy atom. The monoisotopic (exact) mass is 507 g/mol. The van der Waals surface area contributed by atoms with Crippen LogP contribution in [0.1, 0.15) is 32.6 Å². The van der Waals surface area contributed by atoms with Gasteiger partial charge < -0.3 is 61.2 Å². The molecular formula is C21H37N3O11. The summed E-state index contributed by atoms with van der Waals surface area (Å²) in [7, 11) is 0. The quantitative estimate of drug-likeness (QED) is 0.120. The molecule has 3 fully saturated rings. The molecular weight excluding hydrogens is 470 g/mol. The molecule has 0 aromatic carbocycles. The maximum atomic E-state index is 12.4. The molecule has 10 N–H and O–H groups in total. The molecule has 14 heteroatoms. The first kappa shape index (κ1) is 28.1. The van der Waals surface area contributed by atoms with Gasteiger partial charge in [0.05, 0.1) is 25.2 Å². The highest BCUT2D eigenvalue weighted by atomic mass is 16.7. The third kappa shape index (κ3) is 5.77. The zero-order valence-corrected chi connectivity index (χ0v) is 19.5. The molecule has 7 unspecified atom stereocenters. The van der Waals surface area contributed by atoms with Gasteiger partial charge in [-0.05, 0) is 19.4 Å². The molecule has 0 aromatic rings. The second-order valence-corrected chi connectivity index (χ2v) is 9.29. The second-order valence-electron chi connectivity index (χ2n) is 9.29. The summed E-state index contributed by atoms with van der Waals surface area (Å²) in [4.78, 5) is 24.2. The number of rotatable bonds is 11. The van der Waals surface area contributed by atoms with Crippen molar-refractivity contribution < 1.29 is 54.4 Å². The Morgan fingerprint density at radius 1 is 1.03 bits per heavy atom. The fourth-order valence-electron chi connectivity index (χ4n) is 4.87. The largest absolute Gasteiger partial charge is 0.394 e. The Kier molecular flexibility index (Phi) is 9.42. The molecule has 35 heavy (non-hydrogen) atoms. The zero-order chi connectivity index (χ0) is 25.9. The minimum Gasteiger partial charge on any atom is -0.394 e. The molecule has 2 amide bonds. The maximum Gasteiger partial charge on any atom is 0.222 e. The summed E-state index contributed by atoms with van der Waals surface area (Å²) in [5.74, 6) is -1.96. The third-order valence-corrected chi connectivity index (χ3v) is 6.84. The first-order valence-electron chi connectivity index (χ1n) is 11.8. The van der Waals surface area contributed by atoms with Gasteiger partial charge >= 0.3 is 0 Å². The molecule has 0 spiro atoms. The number of fused-ring (bicyclic) bond motifs is 1. The first-order valence-corrected chi connectivity index (χ1v) is 11.8. The number of hydrogen-bond acceptors (Lipinski definition) is 12. The maximum absolute atomic E-state index is 12.4. The van der Waals surface area contributed by atoms with Gasteiger partial charge in [0.1, 0.15) is 42.2 Å². The van der Waals surface area contributed by atoms with E-state index in [0.29, 0.717) is 13.0 Å². The van der Waals surface area contributed by atoms with Crippen LogP contribution in [0.15, 0.2) is 0 Å². The first-order chi connectivity index (χ1) is 16.6. The summed E-state index contributed by atoms with van der Waals surface area (Å²) in [6, 6.07) is -1.17. The number of carbonyl (C=O) groups excluding carboxylic acids is 2. The van der Waals surface area contributed by atoms with Gasteiger partial charge in [-0.2, -0.15) is 0 Å². The lowest BCUT2D eigenvalue weighted by atomic mass is 9.95. The van der Waals surface area contributed by atoms with E-state index in [9.17, 15) is 40.2 Å². The van der Waals surface area contributed by atoms with E-state index in [1.165, 1.54) is 6.92 Å². The van der Waals surface area contributed by atoms with Crippen molar-refractivity contribution in [3.05, 3.63) is 0 Å². The van der Waals surface area contributed by atoms with Crippen LogP contribution in [-0.4, -0.2) is 123 Å². The molecule has 2 heterocycles. The molecule has 2 saturated heterocycles. The molecule has 1 aliphatic carbocycles. The molecule has 3 rings (SSSR count). The Hall–Kier alpha value is -1.46. The number of unbranched alkanes of at least 4 members (excludes halogenated alkanes) is 2. The predicted molar refractivity (Wildman–Crippen MR) is 116 cm³/mol. The molecule has 3 aliphatic rings. The predicted octanol–water partition coefficient (Wildman–Crippen LogP) is -4.61. The summed E-state index contributed by atoms with van der Waals surface area (Å²) in [5, 5.41) is 66.6. The summed E-state index contributed by atoms with van der Waals surface area (Å²) < 4.78 is 16.9. The van der Waals surface area contributed by atoms with Crippen molar-refractivity contribution in [2.24, 2.45) is 11.7 Å². The van der Waals surface area contributed by atoms with Crippen LogP contribution in [0.4, 0.5) is 0 Å². The number of hydrogen-bond donors (Lipinski definition) is 9. The molecule has 11 atom stereocenters. The smallest absolute Gasteiger partial charge is 0.222 e. The van der Waals surface area contributed by atoms with Gasteiger partial charge in [0, 0.05) is 13.3 Å². The standard InChI is InChI=1S/C21H37N3O11/c1-9(27)23-14-16(30)17(10(7-25)33-19(14)24-12(28)5-3-2-4-6-22)35-20-15(29)13-18(31)21(13,32)11(8-26)34-20/h10-11,13-20,25-26,29-32H,2-8,22H2,1H3,(H,23,27)(H,24,28)/t10?,11?,13-,14?,15?,16?,17+,18?,19+,20-,21?/m0/s1. The van der Waals surface area contributed by atoms with Crippen molar-refractivity contribution in [1.82, 2.24) is 10.6 Å². The highest BCUT2D eigenvalue weighted by Crippen LogP contribution is 2.54. The molecule has 0 aromatic heterocycles. The van der Waals surface area contributed by atoms with E-state index in [0.717, 1.165) is 12.8 Å². The van der Waals surface area contributed by atoms with Crippen LogP contribution in [0.3, 0.4) is 0 Å². The van der Waals surface area contributed by atoms with E-state index in [4.69, 9.17) is 19.9 Å². The number of nitrogens with one attached hydrogen (secondary N) is 2. The fourth-order valence-corrected chi connectivity index (χ4v) is 4.87. The third-order valence-electron chi connectivity index (χ3n) is 6.84. The van der Waals surface area contributed by atoms with E-state index < -0.39 is 85.8 Å². The Morgan fingerprint density at radius 2 is 1.74 bits per heavy atom. The number of nitrogens with two attached hydrogens (primary N) is 1. The van der Waals surface area contributed by atoms with Crippen molar-refractivity contribution >= 4 is 11.8 Å². The highest BCUT2D eigenvalue weighted by Gasteiger charge is 2.75. The second kappa shape index (κ2) is 11.7. The van der Waals surface area contributed by atoms with Gasteiger partial charge in [0.25, 0.3) is 0 Å². The topological polar surface area (TPSA) is 233 Å². The van der Waals surface area contributed by atoms with E-state index in [1.807, 2.05) is 0 Å². The Balaban J connectivity index is 1.71. The molecule has 0 radical (unpaired) electrons. The van der Waals surface area contributed by atoms with Crippen molar-refractivity contribution in [2.45, 2.75) is 93.4 Å². The summed E-state index contributed by atoms with van der Waals surface area (Å²) in [5.41, 5.74) is 3.62. The summed E-state index contributed by atoms with van der Waals surface area (Å²) in [6.07, 6.45) is -8.62. The lowest BCUT2D eigenvalue weighted by molar-refractivity contribution is -0.320. The van der Waals surface area contributed by atoms with Gasteiger partial charge in [-0.1, -0.05) is 6.42 Å². The minimum absolute atomic E-state index is 0.170. The lowest BCUT2D eigenvalue weighted by Gasteiger charge is -2.46. The highest BCUT2D eigenvalue weighted by molar-refractivity contribution is 5.76. The molecule has 0 bridgehead atoms. The normalized spacial score (nSPS) is 42.7. The van der Waals surface area contributed by atoms with Gasteiger partial charge in [-0.15, -0.1) is 0 Å². The molecule has 2 aliphatic heterocycles. The average Bonchev–Trinajstić information content (AvgIpc) is 3.38. The summed E-state index contributed by atoms with van der Waals surface area (Å²) in [6.45, 7) is 0.403. The van der Waals surface area contributed by atoms with Gasteiger partial charge in [-0.25, -0.2) is 0 Å². The SMILES string of the molecule is CC(=O)NC1C(O)[C@H](O[C@@H]2OC(CO)C3(O)C(O)[C@@H]3C2O)C(CO)O[C@H]1NC(=O)CCCCCN. The molecule has 1 saturated carbocycles. The number of carbonyl (C=O) groups is 2. The van der Waals surface area contributed by atoms with E-state index in [-0.39, 0.29) is 12.3 Å². The van der Waals surface area contributed by atoms with Gasteiger partial charge in [0.2, 0.25) is 11.8 Å². The van der Waals surface area contributed by atoms with Crippen LogP contribution >= 0.6 is 0 Å². The van der Waals surface area contributed by atoms with E-state index in [1.54, 1.807) is 0 Å². The van der Waals surface area contributed by atoms with Crippen LogP contribution in [0.5, 0.6) is 0 Å². The number of aliphatic hydroxyl groups is 6. The van der Waals surface area contributed by atoms with Crippen molar-refractivity contribution in [3.63, 3.8) is 0 Å². The Labute approximate surface area is 202 Å².